The number of anilines is 1. The molecule has 1 aromatic heterocycles. The summed E-state index contributed by atoms with van der Waals surface area (Å²) in [6.07, 6.45) is 3.45. The molecule has 0 spiro atoms. The molecule has 4 atom stereocenters. The third-order valence-electron chi connectivity index (χ3n) is 12.0. The van der Waals surface area contributed by atoms with Crippen molar-refractivity contribution >= 4 is 28.6 Å². The lowest BCUT2D eigenvalue weighted by molar-refractivity contribution is -0.132. The first-order valence-electron chi connectivity index (χ1n) is 21.8. The highest BCUT2D eigenvalue weighted by atomic mass is 16.6. The van der Waals surface area contributed by atoms with Gasteiger partial charge in [-0.2, -0.15) is 0 Å². The van der Waals surface area contributed by atoms with Crippen molar-refractivity contribution in [2.45, 2.75) is 57.7 Å². The van der Waals surface area contributed by atoms with E-state index in [0.717, 1.165) is 68.6 Å². The van der Waals surface area contributed by atoms with Crippen LogP contribution in [0.1, 0.15) is 55.4 Å². The van der Waals surface area contributed by atoms with Gasteiger partial charge in [0.05, 0.1) is 36.9 Å². The van der Waals surface area contributed by atoms with Gasteiger partial charge in [0.2, 0.25) is 11.5 Å². The van der Waals surface area contributed by atoms with E-state index in [2.05, 4.69) is 44.8 Å². The number of carbonyl (C=O) groups excluding carboxylic acids is 2. The minimum absolute atomic E-state index is 0.0425. The highest BCUT2D eigenvalue weighted by Gasteiger charge is 2.42. The van der Waals surface area contributed by atoms with Crippen molar-refractivity contribution < 1.29 is 29.3 Å². The molecule has 61 heavy (non-hydrogen) atoms. The quantitative estimate of drug-likeness (QED) is 0.0526. The normalized spacial score (nSPS) is 17.9. The van der Waals surface area contributed by atoms with Crippen molar-refractivity contribution in [1.82, 2.24) is 20.1 Å². The number of ether oxygens (including phenoxy) is 2. The number of aromatic amines is 1. The highest BCUT2D eigenvalue weighted by molar-refractivity contribution is 5.91. The van der Waals surface area contributed by atoms with E-state index in [1.165, 1.54) is 23.3 Å². The fourth-order valence-corrected chi connectivity index (χ4v) is 8.89. The van der Waals surface area contributed by atoms with Crippen LogP contribution in [-0.4, -0.2) is 102 Å². The zero-order valence-corrected chi connectivity index (χ0v) is 35.1. The molecular formula is C49H59N5O7. The van der Waals surface area contributed by atoms with Gasteiger partial charge in [-0.25, -0.2) is 4.79 Å². The summed E-state index contributed by atoms with van der Waals surface area (Å²) in [5.41, 5.74) is 5.87. The molecule has 5 aromatic rings. The molecule has 0 radical (unpaired) electrons. The van der Waals surface area contributed by atoms with E-state index in [0.29, 0.717) is 67.6 Å². The Hall–Kier alpha value is -5.53. The molecule has 1 aliphatic carbocycles. The summed E-state index contributed by atoms with van der Waals surface area (Å²) in [4.78, 5) is 44.7. The van der Waals surface area contributed by atoms with Crippen molar-refractivity contribution in [2.75, 3.05) is 64.3 Å². The number of benzene rings is 4. The maximum absolute atomic E-state index is 13.0. The van der Waals surface area contributed by atoms with E-state index >= 15 is 0 Å². The summed E-state index contributed by atoms with van der Waals surface area (Å²) < 4.78 is 11.8. The van der Waals surface area contributed by atoms with Gasteiger partial charge >= 0.3 is 6.09 Å². The largest absolute Gasteiger partial charge is 0.506 e. The average Bonchev–Trinajstić information content (AvgIpc) is 3.83. The van der Waals surface area contributed by atoms with Gasteiger partial charge in [0.25, 0.3) is 0 Å². The predicted molar refractivity (Wildman–Crippen MR) is 239 cm³/mol. The van der Waals surface area contributed by atoms with Crippen LogP contribution in [-0.2, 0) is 27.1 Å². The molecule has 7 rings (SSSR count). The van der Waals surface area contributed by atoms with Crippen LogP contribution < -0.4 is 16.2 Å². The van der Waals surface area contributed by atoms with E-state index in [-0.39, 0.29) is 36.0 Å². The first kappa shape index (κ1) is 43.6. The van der Waals surface area contributed by atoms with E-state index in [4.69, 9.17) is 9.47 Å². The van der Waals surface area contributed by atoms with Crippen molar-refractivity contribution in [1.29, 1.82) is 0 Å². The van der Waals surface area contributed by atoms with E-state index < -0.39 is 6.10 Å². The minimum Gasteiger partial charge on any atom is -0.506 e. The Morgan fingerprint density at radius 1 is 0.869 bits per heavy atom. The fraction of sp³-hybridized carbons (Fsp3) is 0.408. The Labute approximate surface area is 357 Å². The van der Waals surface area contributed by atoms with Gasteiger partial charge < -0.3 is 39.8 Å². The maximum atomic E-state index is 13.0. The molecule has 1 aliphatic heterocycles. The fourth-order valence-electron chi connectivity index (χ4n) is 8.89. The summed E-state index contributed by atoms with van der Waals surface area (Å²) in [6, 6.07) is 32.7. The highest BCUT2D eigenvalue weighted by Crippen LogP contribution is 2.40. The molecule has 4 aromatic carbocycles. The third kappa shape index (κ3) is 11.9. The van der Waals surface area contributed by atoms with Crippen LogP contribution in [0.3, 0.4) is 0 Å². The number of nitrogens with one attached hydrogen (secondary N) is 3. The zero-order chi connectivity index (χ0) is 42.6. The number of para-hydroxylation sites is 1. The van der Waals surface area contributed by atoms with Gasteiger partial charge in [-0.05, 0) is 84.4 Å². The van der Waals surface area contributed by atoms with E-state index in [1.54, 1.807) is 12.1 Å². The molecule has 0 bridgehead atoms. The third-order valence-corrected chi connectivity index (χ3v) is 12.0. The molecule has 322 valence electrons. The summed E-state index contributed by atoms with van der Waals surface area (Å²) in [7, 11) is 0. The van der Waals surface area contributed by atoms with Crippen LogP contribution >= 0.6 is 0 Å². The van der Waals surface area contributed by atoms with Gasteiger partial charge in [0.1, 0.15) is 11.9 Å². The predicted octanol–water partition coefficient (Wildman–Crippen LogP) is 6.91. The molecule has 2 heterocycles. The first-order valence-corrected chi connectivity index (χ1v) is 21.8. The van der Waals surface area contributed by atoms with Gasteiger partial charge in [0, 0.05) is 62.8 Å². The van der Waals surface area contributed by atoms with Crippen LogP contribution in [0.15, 0.2) is 108 Å². The first-order chi connectivity index (χ1) is 29.7. The Balaban J connectivity index is 0.748. The summed E-state index contributed by atoms with van der Waals surface area (Å²) in [5.74, 6) is 1.10. The van der Waals surface area contributed by atoms with Crippen LogP contribution in [0.25, 0.3) is 22.0 Å². The monoisotopic (exact) mass is 829 g/mol. The average molecular weight is 830 g/mol. The number of nitrogens with zero attached hydrogens (tertiary/aromatic N) is 2. The van der Waals surface area contributed by atoms with Crippen LogP contribution in [0.5, 0.6) is 5.75 Å². The number of aliphatic hydroxyl groups is 1. The second-order valence-corrected chi connectivity index (χ2v) is 16.4. The van der Waals surface area contributed by atoms with Crippen LogP contribution in [0.4, 0.5) is 10.5 Å². The maximum Gasteiger partial charge on any atom is 0.411 e. The van der Waals surface area contributed by atoms with E-state index in [9.17, 15) is 24.6 Å². The second-order valence-electron chi connectivity index (χ2n) is 16.4. The molecule has 1 saturated carbocycles. The molecule has 2 aliphatic rings. The number of amides is 2. The van der Waals surface area contributed by atoms with Gasteiger partial charge in [0.15, 0.2) is 0 Å². The number of likely N-dealkylation sites (tertiary alicyclic amines) is 1. The van der Waals surface area contributed by atoms with Crippen LogP contribution in [0, 0.1) is 11.8 Å². The number of carbonyl (C=O) groups is 2. The zero-order valence-electron chi connectivity index (χ0n) is 35.1. The van der Waals surface area contributed by atoms with Crippen LogP contribution in [0.2, 0.25) is 0 Å². The van der Waals surface area contributed by atoms with Crippen molar-refractivity contribution in [3.8, 4) is 16.9 Å². The molecule has 1 saturated heterocycles. The number of hydrogen-bond donors (Lipinski definition) is 5. The number of aliphatic hydroxyl groups excluding tert-OH is 1. The minimum atomic E-state index is -0.861. The molecule has 2 amide bonds. The van der Waals surface area contributed by atoms with E-state index in [1.807, 2.05) is 66.4 Å². The Bertz CT molecular complexity index is 2250. The lowest BCUT2D eigenvalue weighted by atomic mass is 10.0. The van der Waals surface area contributed by atoms with Crippen molar-refractivity contribution in [3.63, 3.8) is 0 Å². The van der Waals surface area contributed by atoms with Crippen molar-refractivity contribution in [2.24, 2.45) is 11.8 Å². The molecule has 12 nitrogen and oxygen atoms in total. The summed E-state index contributed by atoms with van der Waals surface area (Å²) in [5, 5.41) is 27.8. The Morgan fingerprint density at radius 3 is 2.34 bits per heavy atom. The number of aromatic nitrogens is 1. The SMILES string of the molecule is CCCN(CCNC[C@H](O)c1ccc(O)c2[nH]c(=O)ccc12)C(=O)CCOCCc1ccc(CCN2CC3CC(OC(=O)Nc4ccccc4-c4ccccc4)C[C@@H]3C2)cc1. The lowest BCUT2D eigenvalue weighted by Crippen LogP contribution is -2.38. The number of pyridine rings is 1. The number of phenols is 1. The Morgan fingerprint density at radius 2 is 1.59 bits per heavy atom. The second kappa shape index (κ2) is 21.3. The number of fused-ring (bicyclic) bond motifs is 2. The smallest absolute Gasteiger partial charge is 0.411 e. The van der Waals surface area contributed by atoms with Gasteiger partial charge in [-0.15, -0.1) is 0 Å². The topological polar surface area (TPSA) is 156 Å². The number of H-pyrrole nitrogens is 1. The van der Waals surface area contributed by atoms with Gasteiger partial charge in [-0.3, -0.25) is 14.9 Å². The molecular weight excluding hydrogens is 771 g/mol. The molecule has 2 unspecified atom stereocenters. The molecule has 5 N–H and O–H groups in total. The molecule has 12 heteroatoms. The number of rotatable bonds is 20. The summed E-state index contributed by atoms with van der Waals surface area (Å²) in [6.45, 7) is 7.97. The van der Waals surface area contributed by atoms with Crippen molar-refractivity contribution in [3.05, 3.63) is 130 Å². The number of hydrogen-bond acceptors (Lipinski definition) is 9. The molecule has 2 fully saturated rings. The number of aromatic hydroxyl groups is 1. The Kier molecular flexibility index (Phi) is 15.2. The standard InChI is InChI=1S/C49H59N5O7/c1-2-24-54(26-23-50-31-45(56)41-16-18-44(55)48-42(41)17-19-46(57)52-48)47(58)22-28-60-27-21-35-14-12-34(13-15-35)20-25-53-32-37-29-39(30-38(37)33-53)61-49(59)51-43-11-7-6-10-40(43)36-8-4-3-5-9-36/h3-19,37-39,45,50,55-56H,2,20-33H2,1H3,(H,51,59)(H,52,57)/t37-,38?,39?,45+/m1/s1. The lowest BCUT2D eigenvalue weighted by Gasteiger charge is -2.23. The number of phenolic OH excluding ortho intramolecular Hbond substituents is 1. The van der Waals surface area contributed by atoms with Gasteiger partial charge in [-0.1, -0.05) is 85.8 Å². The summed E-state index contributed by atoms with van der Waals surface area (Å²) >= 11 is 0.